The Balaban J connectivity index is 3.01. The molecule has 0 radical (unpaired) electrons. The quantitative estimate of drug-likeness (QED) is 0.536. The first-order valence-electron chi connectivity index (χ1n) is 4.39. The van der Waals surface area contributed by atoms with E-state index in [9.17, 15) is 5.11 Å². The van der Waals surface area contributed by atoms with Crippen LogP contribution >= 0.6 is 0 Å². The zero-order chi connectivity index (χ0) is 10.8. The lowest BCUT2D eigenvalue weighted by Crippen LogP contribution is -2.33. The van der Waals surface area contributed by atoms with Gasteiger partial charge in [-0.3, -0.25) is 0 Å². The molecule has 0 bridgehead atoms. The Hall–Kier alpha value is -1.26. The van der Waals surface area contributed by atoms with Crippen LogP contribution in [0.3, 0.4) is 0 Å². The van der Waals surface area contributed by atoms with E-state index < -0.39 is 5.54 Å². The van der Waals surface area contributed by atoms with E-state index in [4.69, 9.17) is 15.9 Å². The lowest BCUT2D eigenvalue weighted by Gasteiger charge is -2.24. The highest BCUT2D eigenvalue weighted by atomic mass is 16.3. The van der Waals surface area contributed by atoms with Gasteiger partial charge < -0.3 is 21.1 Å². The molecule has 0 aliphatic rings. The SMILES string of the molecule is C[C@@](N)(CCO)c1ccc(O)c(O)c1. The Kier molecular flexibility index (Phi) is 2.98. The third-order valence-electron chi connectivity index (χ3n) is 2.27. The molecule has 78 valence electrons. The third kappa shape index (κ3) is 2.16. The Morgan fingerprint density at radius 3 is 2.43 bits per heavy atom. The highest BCUT2D eigenvalue weighted by Crippen LogP contribution is 2.30. The summed E-state index contributed by atoms with van der Waals surface area (Å²) in [5.74, 6) is -0.370. The fourth-order valence-corrected chi connectivity index (χ4v) is 1.26. The summed E-state index contributed by atoms with van der Waals surface area (Å²) in [7, 11) is 0. The van der Waals surface area contributed by atoms with Crippen molar-refractivity contribution in [3.05, 3.63) is 23.8 Å². The maximum atomic E-state index is 9.26. The van der Waals surface area contributed by atoms with Crippen LogP contribution in [0.15, 0.2) is 18.2 Å². The molecule has 4 heteroatoms. The van der Waals surface area contributed by atoms with Gasteiger partial charge in [-0.1, -0.05) is 6.07 Å². The van der Waals surface area contributed by atoms with Crippen molar-refractivity contribution in [2.75, 3.05) is 6.61 Å². The second-order valence-corrected chi connectivity index (χ2v) is 3.59. The van der Waals surface area contributed by atoms with Crippen LogP contribution in [0.2, 0.25) is 0 Å². The van der Waals surface area contributed by atoms with Crippen LogP contribution in [0.4, 0.5) is 0 Å². The second-order valence-electron chi connectivity index (χ2n) is 3.59. The van der Waals surface area contributed by atoms with Crippen molar-refractivity contribution >= 4 is 0 Å². The lowest BCUT2D eigenvalue weighted by molar-refractivity contribution is 0.247. The van der Waals surface area contributed by atoms with Crippen molar-refractivity contribution in [3.8, 4) is 11.5 Å². The Labute approximate surface area is 82.6 Å². The van der Waals surface area contributed by atoms with Crippen molar-refractivity contribution in [2.45, 2.75) is 18.9 Å². The molecule has 14 heavy (non-hydrogen) atoms. The van der Waals surface area contributed by atoms with E-state index in [0.717, 1.165) is 0 Å². The molecule has 1 aromatic carbocycles. The van der Waals surface area contributed by atoms with Gasteiger partial charge in [-0.25, -0.2) is 0 Å². The van der Waals surface area contributed by atoms with E-state index in [2.05, 4.69) is 0 Å². The topological polar surface area (TPSA) is 86.7 Å². The Morgan fingerprint density at radius 2 is 1.93 bits per heavy atom. The molecule has 0 amide bonds. The smallest absolute Gasteiger partial charge is 0.157 e. The van der Waals surface area contributed by atoms with Crippen LogP contribution < -0.4 is 5.73 Å². The van der Waals surface area contributed by atoms with Crippen LogP contribution in [0.1, 0.15) is 18.9 Å². The number of aromatic hydroxyl groups is 2. The number of phenols is 2. The minimum absolute atomic E-state index is 0.0192. The van der Waals surface area contributed by atoms with Crippen LogP contribution in [-0.2, 0) is 5.54 Å². The van der Waals surface area contributed by atoms with Gasteiger partial charge >= 0.3 is 0 Å². The number of hydrogen-bond acceptors (Lipinski definition) is 4. The number of rotatable bonds is 3. The van der Waals surface area contributed by atoms with E-state index in [0.29, 0.717) is 12.0 Å². The zero-order valence-electron chi connectivity index (χ0n) is 8.07. The summed E-state index contributed by atoms with van der Waals surface area (Å²) in [4.78, 5) is 0. The minimum Gasteiger partial charge on any atom is -0.504 e. The highest BCUT2D eigenvalue weighted by Gasteiger charge is 2.21. The largest absolute Gasteiger partial charge is 0.504 e. The molecule has 1 atom stereocenters. The number of aliphatic hydroxyl groups is 1. The van der Waals surface area contributed by atoms with E-state index >= 15 is 0 Å². The molecule has 0 spiro atoms. The number of aliphatic hydroxyl groups excluding tert-OH is 1. The molecule has 0 aliphatic heterocycles. The molecule has 0 saturated heterocycles. The fourth-order valence-electron chi connectivity index (χ4n) is 1.26. The first-order valence-corrected chi connectivity index (χ1v) is 4.39. The van der Waals surface area contributed by atoms with Crippen molar-refractivity contribution in [1.29, 1.82) is 0 Å². The van der Waals surface area contributed by atoms with E-state index in [1.807, 2.05) is 0 Å². The molecule has 1 aromatic rings. The summed E-state index contributed by atoms with van der Waals surface area (Å²) in [6.45, 7) is 1.74. The summed E-state index contributed by atoms with van der Waals surface area (Å²) in [5, 5.41) is 27.2. The molecule has 1 rings (SSSR count). The minimum atomic E-state index is -0.695. The van der Waals surface area contributed by atoms with Crippen LogP contribution in [-0.4, -0.2) is 21.9 Å². The van der Waals surface area contributed by atoms with Gasteiger partial charge in [0, 0.05) is 12.1 Å². The van der Waals surface area contributed by atoms with E-state index in [1.54, 1.807) is 13.0 Å². The summed E-state index contributed by atoms with van der Waals surface area (Å²) >= 11 is 0. The molecule has 4 nitrogen and oxygen atoms in total. The predicted molar refractivity (Wildman–Crippen MR) is 53.0 cm³/mol. The van der Waals surface area contributed by atoms with Gasteiger partial charge in [0.2, 0.25) is 0 Å². The first-order chi connectivity index (χ1) is 6.47. The molecule has 0 saturated carbocycles. The fraction of sp³-hybridized carbons (Fsp3) is 0.400. The van der Waals surface area contributed by atoms with Crippen LogP contribution in [0.5, 0.6) is 11.5 Å². The lowest BCUT2D eigenvalue weighted by atomic mass is 9.90. The second kappa shape index (κ2) is 3.86. The van der Waals surface area contributed by atoms with Gasteiger partial charge in [0.1, 0.15) is 0 Å². The Morgan fingerprint density at radius 1 is 1.29 bits per heavy atom. The molecule has 5 N–H and O–H groups in total. The maximum absolute atomic E-state index is 9.26. The van der Waals surface area contributed by atoms with Crippen molar-refractivity contribution in [1.82, 2.24) is 0 Å². The molecular weight excluding hydrogens is 182 g/mol. The van der Waals surface area contributed by atoms with Gasteiger partial charge in [0.25, 0.3) is 0 Å². The number of phenolic OH excluding ortho intramolecular Hbond substituents is 2. The standard InChI is InChI=1S/C10H15NO3/c1-10(11,4-5-12)7-2-3-8(13)9(14)6-7/h2-3,6,12-14H,4-5,11H2,1H3/t10-/m1/s1. The van der Waals surface area contributed by atoms with Crippen molar-refractivity contribution < 1.29 is 15.3 Å². The van der Waals surface area contributed by atoms with Gasteiger partial charge in [-0.05, 0) is 31.0 Å². The number of hydrogen-bond donors (Lipinski definition) is 4. The summed E-state index contributed by atoms with van der Waals surface area (Å²) < 4.78 is 0. The molecule has 0 aliphatic carbocycles. The average molecular weight is 197 g/mol. The normalized spacial score (nSPS) is 15.1. The highest BCUT2D eigenvalue weighted by molar-refractivity contribution is 5.42. The van der Waals surface area contributed by atoms with Gasteiger partial charge in [0.15, 0.2) is 11.5 Å². The number of benzene rings is 1. The maximum Gasteiger partial charge on any atom is 0.157 e. The van der Waals surface area contributed by atoms with Crippen LogP contribution in [0.25, 0.3) is 0 Å². The van der Waals surface area contributed by atoms with Crippen LogP contribution in [0, 0.1) is 0 Å². The van der Waals surface area contributed by atoms with Gasteiger partial charge in [-0.2, -0.15) is 0 Å². The predicted octanol–water partition coefficient (Wildman–Crippen LogP) is 0.654. The van der Waals surface area contributed by atoms with E-state index in [1.165, 1.54) is 12.1 Å². The number of nitrogens with two attached hydrogens (primary N) is 1. The molecular formula is C10H15NO3. The van der Waals surface area contributed by atoms with Crippen molar-refractivity contribution in [3.63, 3.8) is 0 Å². The molecule has 0 aromatic heterocycles. The average Bonchev–Trinajstić information content (AvgIpc) is 2.09. The molecule has 0 heterocycles. The summed E-state index contributed by atoms with van der Waals surface area (Å²) in [5.41, 5.74) is 5.90. The van der Waals surface area contributed by atoms with E-state index in [-0.39, 0.29) is 18.1 Å². The molecule has 0 fully saturated rings. The molecule has 0 unspecified atom stereocenters. The summed E-state index contributed by atoms with van der Waals surface area (Å²) in [6, 6.07) is 4.42. The zero-order valence-corrected chi connectivity index (χ0v) is 8.07. The van der Waals surface area contributed by atoms with Gasteiger partial charge in [-0.15, -0.1) is 0 Å². The summed E-state index contributed by atoms with van der Waals surface area (Å²) in [6.07, 6.45) is 0.400. The van der Waals surface area contributed by atoms with Gasteiger partial charge in [0.05, 0.1) is 0 Å². The van der Waals surface area contributed by atoms with Crippen molar-refractivity contribution in [2.24, 2.45) is 5.73 Å². The third-order valence-corrected chi connectivity index (χ3v) is 2.27. The monoisotopic (exact) mass is 197 g/mol. The first kappa shape index (κ1) is 10.8. The Bertz CT molecular complexity index is 323.